The van der Waals surface area contributed by atoms with E-state index in [2.05, 4.69) is 9.93 Å². The van der Waals surface area contributed by atoms with Crippen LogP contribution in [0.25, 0.3) is 0 Å². The number of furan rings is 1. The number of hydrogen-bond acceptors (Lipinski definition) is 4. The van der Waals surface area contributed by atoms with Gasteiger partial charge in [0.15, 0.2) is 0 Å². The van der Waals surface area contributed by atoms with E-state index in [0.717, 1.165) is 0 Å². The standard InChI is InChI=1S/C12H11ClN2O3S/c1-9(12-3-2-8-18-12)14-15-19(16,17)11-6-4-10(13)5-7-11/h2-8,15H,1H3. The van der Waals surface area contributed by atoms with Gasteiger partial charge in [0.05, 0.1) is 11.2 Å². The Hall–Kier alpha value is -1.79. The molecular weight excluding hydrogens is 288 g/mol. The van der Waals surface area contributed by atoms with E-state index in [0.29, 0.717) is 16.5 Å². The molecule has 0 aliphatic heterocycles. The Morgan fingerprint density at radius 3 is 2.53 bits per heavy atom. The Balaban J connectivity index is 2.18. The second kappa shape index (κ2) is 5.46. The third kappa shape index (κ3) is 3.36. The molecule has 7 heteroatoms. The quantitative estimate of drug-likeness (QED) is 0.696. The number of nitrogens with zero attached hydrogens (tertiary/aromatic N) is 1. The fourth-order valence-electron chi connectivity index (χ4n) is 1.33. The fraction of sp³-hybridized carbons (Fsp3) is 0.0833. The van der Waals surface area contributed by atoms with Gasteiger partial charge in [-0.05, 0) is 43.3 Å². The molecule has 5 nitrogen and oxygen atoms in total. The third-order valence-corrected chi connectivity index (χ3v) is 3.81. The van der Waals surface area contributed by atoms with Gasteiger partial charge in [-0.2, -0.15) is 18.4 Å². The molecule has 1 heterocycles. The van der Waals surface area contributed by atoms with Gasteiger partial charge in [0, 0.05) is 5.02 Å². The highest BCUT2D eigenvalue weighted by atomic mass is 35.5. The molecule has 0 aliphatic carbocycles. The van der Waals surface area contributed by atoms with Crippen molar-refractivity contribution in [2.75, 3.05) is 0 Å². The van der Waals surface area contributed by atoms with Crippen molar-refractivity contribution in [3.05, 3.63) is 53.4 Å². The van der Waals surface area contributed by atoms with Gasteiger partial charge in [-0.3, -0.25) is 0 Å². The minimum absolute atomic E-state index is 0.0906. The molecule has 0 amide bonds. The Morgan fingerprint density at radius 2 is 1.95 bits per heavy atom. The molecular formula is C12H11ClN2O3S. The van der Waals surface area contributed by atoms with E-state index >= 15 is 0 Å². The van der Waals surface area contributed by atoms with Gasteiger partial charge >= 0.3 is 0 Å². The predicted octanol–water partition coefficient (Wildman–Crippen LogP) is 2.64. The van der Waals surface area contributed by atoms with Crippen LogP contribution in [0.15, 0.2) is 57.1 Å². The molecule has 1 aromatic heterocycles. The van der Waals surface area contributed by atoms with Crippen LogP contribution in [0, 0.1) is 0 Å². The molecule has 1 aromatic carbocycles. The first-order valence-corrected chi connectivity index (χ1v) is 7.21. The van der Waals surface area contributed by atoms with Gasteiger partial charge in [-0.15, -0.1) is 0 Å². The zero-order valence-electron chi connectivity index (χ0n) is 10.00. The van der Waals surface area contributed by atoms with Gasteiger partial charge < -0.3 is 4.42 Å². The molecule has 0 bridgehead atoms. The molecule has 0 spiro atoms. The van der Waals surface area contributed by atoms with Crippen LogP contribution in [0.4, 0.5) is 0 Å². The molecule has 19 heavy (non-hydrogen) atoms. The lowest BCUT2D eigenvalue weighted by Crippen LogP contribution is -2.19. The summed E-state index contributed by atoms with van der Waals surface area (Å²) in [6.07, 6.45) is 1.49. The van der Waals surface area contributed by atoms with Gasteiger partial charge in [0.25, 0.3) is 10.0 Å². The van der Waals surface area contributed by atoms with Crippen molar-refractivity contribution in [1.29, 1.82) is 0 Å². The number of benzene rings is 1. The van der Waals surface area contributed by atoms with Crippen molar-refractivity contribution >= 4 is 27.3 Å². The van der Waals surface area contributed by atoms with Crippen LogP contribution in [0.1, 0.15) is 12.7 Å². The van der Waals surface area contributed by atoms with Crippen LogP contribution in [0.3, 0.4) is 0 Å². The summed E-state index contributed by atoms with van der Waals surface area (Å²) in [5.41, 5.74) is 0.433. The summed E-state index contributed by atoms with van der Waals surface area (Å²) in [6, 6.07) is 9.20. The first-order chi connectivity index (χ1) is 8.99. The van der Waals surface area contributed by atoms with Crippen molar-refractivity contribution in [2.45, 2.75) is 11.8 Å². The Labute approximate surface area is 115 Å². The second-order valence-electron chi connectivity index (χ2n) is 3.72. The van der Waals surface area contributed by atoms with Crippen LogP contribution in [-0.2, 0) is 10.0 Å². The molecule has 0 saturated heterocycles. The monoisotopic (exact) mass is 298 g/mol. The highest BCUT2D eigenvalue weighted by Gasteiger charge is 2.13. The average Bonchev–Trinajstić information content (AvgIpc) is 2.90. The summed E-state index contributed by atoms with van der Waals surface area (Å²) in [7, 11) is -3.70. The lowest BCUT2D eigenvalue weighted by atomic mass is 10.3. The van der Waals surface area contributed by atoms with Crippen LogP contribution in [-0.4, -0.2) is 14.1 Å². The lowest BCUT2D eigenvalue weighted by molar-refractivity contribution is 0.556. The summed E-state index contributed by atoms with van der Waals surface area (Å²) < 4.78 is 29.0. The fourth-order valence-corrected chi connectivity index (χ4v) is 2.32. The number of sulfonamides is 1. The minimum atomic E-state index is -3.70. The predicted molar refractivity (Wildman–Crippen MR) is 72.7 cm³/mol. The Bertz CT molecular complexity index is 676. The highest BCUT2D eigenvalue weighted by molar-refractivity contribution is 7.89. The average molecular weight is 299 g/mol. The van der Waals surface area contributed by atoms with Crippen molar-refractivity contribution in [3.63, 3.8) is 0 Å². The summed E-state index contributed by atoms with van der Waals surface area (Å²) in [5, 5.41) is 4.26. The van der Waals surface area contributed by atoms with Crippen LogP contribution in [0.5, 0.6) is 0 Å². The molecule has 0 saturated carbocycles. The van der Waals surface area contributed by atoms with E-state index in [1.807, 2.05) is 0 Å². The molecule has 100 valence electrons. The first kappa shape index (κ1) is 13.6. The lowest BCUT2D eigenvalue weighted by Gasteiger charge is -2.04. The zero-order valence-corrected chi connectivity index (χ0v) is 11.6. The maximum Gasteiger partial charge on any atom is 0.276 e. The van der Waals surface area contributed by atoms with E-state index in [1.54, 1.807) is 19.1 Å². The summed E-state index contributed by atoms with van der Waals surface area (Å²) in [5.74, 6) is 0.499. The topological polar surface area (TPSA) is 71.7 Å². The van der Waals surface area contributed by atoms with E-state index in [4.69, 9.17) is 16.0 Å². The normalized spacial score (nSPS) is 12.4. The first-order valence-electron chi connectivity index (χ1n) is 5.34. The number of nitrogens with one attached hydrogen (secondary N) is 1. The molecule has 0 atom stereocenters. The van der Waals surface area contributed by atoms with E-state index in [9.17, 15) is 8.42 Å². The highest BCUT2D eigenvalue weighted by Crippen LogP contribution is 2.13. The smallest absolute Gasteiger partial charge is 0.276 e. The van der Waals surface area contributed by atoms with E-state index < -0.39 is 10.0 Å². The maximum absolute atomic E-state index is 11.9. The number of hydrogen-bond donors (Lipinski definition) is 1. The molecule has 0 fully saturated rings. The molecule has 0 unspecified atom stereocenters. The summed E-state index contributed by atoms with van der Waals surface area (Å²) in [6.45, 7) is 1.64. The van der Waals surface area contributed by atoms with Crippen LogP contribution >= 0.6 is 11.6 Å². The molecule has 2 rings (SSSR count). The van der Waals surface area contributed by atoms with Gasteiger partial charge in [0.2, 0.25) is 0 Å². The van der Waals surface area contributed by atoms with Crippen molar-refractivity contribution < 1.29 is 12.8 Å². The molecule has 1 N–H and O–H groups in total. The number of halogens is 1. The summed E-state index contributed by atoms with van der Waals surface area (Å²) in [4.78, 5) is 2.23. The number of rotatable bonds is 4. The van der Waals surface area contributed by atoms with Crippen LogP contribution in [0.2, 0.25) is 5.02 Å². The Kier molecular flexibility index (Phi) is 3.92. The van der Waals surface area contributed by atoms with Crippen molar-refractivity contribution in [1.82, 2.24) is 4.83 Å². The van der Waals surface area contributed by atoms with E-state index in [-0.39, 0.29) is 4.90 Å². The summed E-state index contributed by atoms with van der Waals surface area (Å²) >= 11 is 5.70. The zero-order chi connectivity index (χ0) is 13.9. The van der Waals surface area contributed by atoms with Crippen molar-refractivity contribution in [2.24, 2.45) is 5.10 Å². The van der Waals surface area contributed by atoms with E-state index in [1.165, 1.54) is 30.5 Å². The van der Waals surface area contributed by atoms with Crippen molar-refractivity contribution in [3.8, 4) is 0 Å². The van der Waals surface area contributed by atoms with Gasteiger partial charge in [0.1, 0.15) is 11.5 Å². The molecule has 0 aliphatic rings. The Morgan fingerprint density at radius 1 is 1.26 bits per heavy atom. The SMILES string of the molecule is CC(=NNS(=O)(=O)c1ccc(Cl)cc1)c1ccco1. The van der Waals surface area contributed by atoms with Gasteiger partial charge in [-0.25, -0.2) is 0 Å². The largest absolute Gasteiger partial charge is 0.463 e. The van der Waals surface area contributed by atoms with Crippen LogP contribution < -0.4 is 4.83 Å². The van der Waals surface area contributed by atoms with Gasteiger partial charge in [-0.1, -0.05) is 11.6 Å². The minimum Gasteiger partial charge on any atom is -0.463 e. The third-order valence-electron chi connectivity index (χ3n) is 2.34. The molecule has 2 aromatic rings. The second-order valence-corrected chi connectivity index (χ2v) is 5.82. The molecule has 0 radical (unpaired) electrons. The number of hydrazone groups is 1. The maximum atomic E-state index is 11.9.